The first kappa shape index (κ1) is 12.8. The summed E-state index contributed by atoms with van der Waals surface area (Å²) in [6, 6.07) is 0. The first-order valence-corrected chi connectivity index (χ1v) is 7.69. The van der Waals surface area contributed by atoms with Gasteiger partial charge in [-0.2, -0.15) is 0 Å². The van der Waals surface area contributed by atoms with Crippen molar-refractivity contribution < 1.29 is 0 Å². The zero-order valence-electron chi connectivity index (χ0n) is 9.33. The first-order valence-electron chi connectivity index (χ1n) is 4.87. The number of rotatable bonds is 4. The minimum Gasteiger partial charge on any atom is -0.139 e. The first-order chi connectivity index (χ1) is 5.39. The molecule has 12 heavy (non-hydrogen) atoms. The van der Waals surface area contributed by atoms with E-state index >= 15 is 0 Å². The van der Waals surface area contributed by atoms with Gasteiger partial charge in [0, 0.05) is 7.26 Å². The van der Waals surface area contributed by atoms with Crippen molar-refractivity contribution in [2.45, 2.75) is 58.5 Å². The normalized spacial score (nSPS) is 13.5. The van der Waals surface area contributed by atoms with E-state index in [1.165, 1.54) is 0 Å². The quantitative estimate of drug-likeness (QED) is 0.520. The zero-order chi connectivity index (χ0) is 9.94. The van der Waals surface area contributed by atoms with Gasteiger partial charge in [-0.25, -0.2) is 0 Å². The van der Waals surface area contributed by atoms with E-state index in [0.29, 0.717) is 0 Å². The molecule has 0 aliphatic carbocycles. The van der Waals surface area contributed by atoms with Gasteiger partial charge in [0.15, 0.2) is 0 Å². The summed E-state index contributed by atoms with van der Waals surface area (Å²) in [4.78, 5) is 0. The maximum absolute atomic E-state index is 4.57. The molecule has 0 saturated carbocycles. The lowest BCUT2D eigenvalue weighted by molar-refractivity contribution is 0.917. The molecule has 0 aliphatic heterocycles. The van der Waals surface area contributed by atoms with Crippen LogP contribution in [-0.2, 0) is 0 Å². The minimum atomic E-state index is -0.829. The van der Waals surface area contributed by atoms with Crippen LogP contribution in [0.25, 0.3) is 0 Å². The highest BCUT2D eigenvalue weighted by atomic mass is 32.1. The predicted molar refractivity (Wildman–Crippen MR) is 66.2 cm³/mol. The molecule has 0 nitrogen and oxygen atoms in total. The highest BCUT2D eigenvalue weighted by Gasteiger charge is 2.45. The van der Waals surface area contributed by atoms with Gasteiger partial charge in [-0.1, -0.05) is 0 Å². The lowest BCUT2D eigenvalue weighted by atomic mass is 10.5. The second-order valence-corrected chi connectivity index (χ2v) is 10.6. The summed E-state index contributed by atoms with van der Waals surface area (Å²) in [6.07, 6.45) is 0. The van der Waals surface area contributed by atoms with Gasteiger partial charge in [0.1, 0.15) is 5.49 Å². The van der Waals surface area contributed by atoms with Crippen LogP contribution in [0.5, 0.6) is 0 Å². The lowest BCUT2D eigenvalue weighted by Crippen LogP contribution is -2.24. The van der Waals surface area contributed by atoms with Crippen molar-refractivity contribution in [2.75, 3.05) is 5.49 Å². The standard InChI is InChI=1S/C10H23PS/c1-8(2)11(7-12,9(3)4)10(5)6/h8-10H,7H2,1-6H3/p+1. The van der Waals surface area contributed by atoms with Gasteiger partial charge in [-0.05, 0) is 41.5 Å². The summed E-state index contributed by atoms with van der Waals surface area (Å²) in [7, 11) is -0.829. The fourth-order valence-electron chi connectivity index (χ4n) is 2.28. The Balaban J connectivity index is 4.77. The molecule has 0 aromatic heterocycles. The van der Waals surface area contributed by atoms with Gasteiger partial charge in [-0.3, -0.25) is 0 Å². The summed E-state index contributed by atoms with van der Waals surface area (Å²) in [5.41, 5.74) is 3.60. The molecule has 0 aromatic rings. The van der Waals surface area contributed by atoms with Gasteiger partial charge in [0.2, 0.25) is 0 Å². The van der Waals surface area contributed by atoms with E-state index in [4.69, 9.17) is 0 Å². The third-order valence-electron chi connectivity index (χ3n) is 3.13. The van der Waals surface area contributed by atoms with Crippen molar-refractivity contribution in [3.63, 3.8) is 0 Å². The highest BCUT2D eigenvalue weighted by Crippen LogP contribution is 2.70. The van der Waals surface area contributed by atoms with E-state index in [1.807, 2.05) is 0 Å². The predicted octanol–water partition coefficient (Wildman–Crippen LogP) is 4.12. The Morgan fingerprint density at radius 2 is 1.08 bits per heavy atom. The van der Waals surface area contributed by atoms with Gasteiger partial charge >= 0.3 is 0 Å². The zero-order valence-corrected chi connectivity index (χ0v) is 11.1. The Labute approximate surface area is 84.3 Å². The molecule has 0 aliphatic rings. The van der Waals surface area contributed by atoms with E-state index in [-0.39, 0.29) is 0 Å². The smallest absolute Gasteiger partial charge is 0.102 e. The number of hydrogen-bond acceptors (Lipinski definition) is 1. The second-order valence-electron chi connectivity index (χ2n) is 4.42. The molecule has 0 aromatic carbocycles. The third-order valence-corrected chi connectivity index (χ3v) is 10.9. The van der Waals surface area contributed by atoms with Gasteiger partial charge in [0.05, 0.1) is 17.0 Å². The molecule has 0 amide bonds. The molecule has 0 bridgehead atoms. The van der Waals surface area contributed by atoms with E-state index in [1.54, 1.807) is 0 Å². The molecule has 0 unspecified atom stereocenters. The summed E-state index contributed by atoms with van der Waals surface area (Å²) < 4.78 is 0. The van der Waals surface area contributed by atoms with Crippen LogP contribution >= 0.6 is 19.9 Å². The Morgan fingerprint density at radius 3 is 1.08 bits per heavy atom. The van der Waals surface area contributed by atoms with Crippen molar-refractivity contribution in [1.29, 1.82) is 0 Å². The van der Waals surface area contributed by atoms with Gasteiger partial charge < -0.3 is 0 Å². The maximum atomic E-state index is 4.57. The second kappa shape index (κ2) is 4.86. The van der Waals surface area contributed by atoms with Gasteiger partial charge in [-0.15, -0.1) is 12.6 Å². The average molecular weight is 207 g/mol. The Bertz CT molecular complexity index is 108. The molecule has 0 saturated heterocycles. The summed E-state index contributed by atoms with van der Waals surface area (Å²) >= 11 is 4.57. The molecule has 0 rings (SSSR count). The van der Waals surface area contributed by atoms with Crippen molar-refractivity contribution in [3.05, 3.63) is 0 Å². The summed E-state index contributed by atoms with van der Waals surface area (Å²) in [5.74, 6) is 0. The van der Waals surface area contributed by atoms with Crippen molar-refractivity contribution in [3.8, 4) is 0 Å². The monoisotopic (exact) mass is 207 g/mol. The molecule has 0 heterocycles. The molecule has 2 heteroatoms. The molecule has 0 N–H and O–H groups in total. The van der Waals surface area contributed by atoms with Crippen LogP contribution in [0.4, 0.5) is 0 Å². The van der Waals surface area contributed by atoms with Crippen LogP contribution in [0.1, 0.15) is 41.5 Å². The largest absolute Gasteiger partial charge is 0.139 e. The van der Waals surface area contributed by atoms with Crippen LogP contribution in [0, 0.1) is 0 Å². The van der Waals surface area contributed by atoms with Crippen LogP contribution in [0.2, 0.25) is 0 Å². The fraction of sp³-hybridized carbons (Fsp3) is 1.00. The van der Waals surface area contributed by atoms with Crippen LogP contribution in [-0.4, -0.2) is 22.5 Å². The minimum absolute atomic E-state index is 0.829. The fourth-order valence-corrected chi connectivity index (χ4v) is 9.78. The van der Waals surface area contributed by atoms with Crippen molar-refractivity contribution in [1.82, 2.24) is 0 Å². The molecule has 0 radical (unpaired) electrons. The summed E-state index contributed by atoms with van der Waals surface area (Å²) in [5, 5.41) is 0. The van der Waals surface area contributed by atoms with Crippen molar-refractivity contribution in [2.24, 2.45) is 0 Å². The topological polar surface area (TPSA) is 0 Å². The lowest BCUT2D eigenvalue weighted by Gasteiger charge is -2.37. The Morgan fingerprint density at radius 1 is 0.833 bits per heavy atom. The Kier molecular flexibility index (Phi) is 5.18. The van der Waals surface area contributed by atoms with Crippen molar-refractivity contribution >= 4 is 19.9 Å². The summed E-state index contributed by atoms with van der Waals surface area (Å²) in [6.45, 7) is 14.2. The maximum Gasteiger partial charge on any atom is 0.102 e. The third kappa shape index (κ3) is 2.17. The highest BCUT2D eigenvalue weighted by molar-refractivity contribution is 7.95. The van der Waals surface area contributed by atoms with Crippen LogP contribution < -0.4 is 0 Å². The molecule has 74 valence electrons. The van der Waals surface area contributed by atoms with Crippen LogP contribution in [0.15, 0.2) is 0 Å². The molecule has 0 spiro atoms. The van der Waals surface area contributed by atoms with Gasteiger partial charge in [0.25, 0.3) is 0 Å². The van der Waals surface area contributed by atoms with E-state index in [0.717, 1.165) is 22.5 Å². The van der Waals surface area contributed by atoms with Crippen LogP contribution in [0.3, 0.4) is 0 Å². The SMILES string of the molecule is CC(C)[P+](CS)(C(C)C)C(C)C. The van der Waals surface area contributed by atoms with E-state index in [2.05, 4.69) is 54.2 Å². The molecular formula is C10H24PS+. The van der Waals surface area contributed by atoms with E-state index < -0.39 is 7.26 Å². The number of hydrogen-bond donors (Lipinski definition) is 1. The molecule has 0 fully saturated rings. The number of thiol groups is 1. The average Bonchev–Trinajstić information content (AvgIpc) is 1.86. The van der Waals surface area contributed by atoms with E-state index in [9.17, 15) is 0 Å². The molecular weight excluding hydrogens is 183 g/mol. The molecule has 0 atom stereocenters. The Hall–Kier alpha value is 0.780.